The highest BCUT2D eigenvalue weighted by Gasteiger charge is 2.21. The summed E-state index contributed by atoms with van der Waals surface area (Å²) in [6.45, 7) is 0. The van der Waals surface area contributed by atoms with Gasteiger partial charge < -0.3 is 10.6 Å². The first-order chi connectivity index (χ1) is 18.9. The second-order valence-corrected chi connectivity index (χ2v) is 12.9. The van der Waals surface area contributed by atoms with Crippen LogP contribution in [0.25, 0.3) is 0 Å². The Morgan fingerprint density at radius 3 is 0.974 bits per heavy atom. The van der Waals surface area contributed by atoms with Crippen molar-refractivity contribution in [2.45, 2.75) is 191 Å². The number of anilines is 2. The number of aromatic nitrogens is 3. The summed E-state index contributed by atoms with van der Waals surface area (Å²) in [5, 5.41) is 7.69. The maximum Gasteiger partial charge on any atom is 0.227 e. The highest BCUT2D eigenvalue weighted by Crippen LogP contribution is 2.30. The Morgan fingerprint density at radius 1 is 0.342 bits per heavy atom. The van der Waals surface area contributed by atoms with E-state index in [4.69, 9.17) is 15.0 Å². The predicted octanol–water partition coefficient (Wildman–Crippen LogP) is 10.1. The van der Waals surface area contributed by atoms with E-state index in [1.165, 1.54) is 173 Å². The van der Waals surface area contributed by atoms with Gasteiger partial charge in [0.2, 0.25) is 11.9 Å². The van der Waals surface area contributed by atoms with Gasteiger partial charge >= 0.3 is 0 Å². The first-order valence-electron chi connectivity index (χ1n) is 17.2. The molecule has 1 aromatic rings. The molecule has 0 unspecified atom stereocenters. The number of nitrogens with zero attached hydrogens (tertiary/aromatic N) is 3. The van der Waals surface area contributed by atoms with Gasteiger partial charge in [0.05, 0.1) is 0 Å². The summed E-state index contributed by atoms with van der Waals surface area (Å²) in [4.78, 5) is 15.3. The first kappa shape index (κ1) is 29.6. The molecule has 3 aliphatic carbocycles. The van der Waals surface area contributed by atoms with Crippen molar-refractivity contribution in [3.63, 3.8) is 0 Å². The van der Waals surface area contributed by atoms with Crippen molar-refractivity contribution in [2.24, 2.45) is 0 Å². The third kappa shape index (κ3) is 11.4. The zero-order valence-corrected chi connectivity index (χ0v) is 24.7. The van der Waals surface area contributed by atoms with Gasteiger partial charge in [0.25, 0.3) is 0 Å². The topological polar surface area (TPSA) is 62.7 Å². The van der Waals surface area contributed by atoms with E-state index < -0.39 is 0 Å². The summed E-state index contributed by atoms with van der Waals surface area (Å²) in [6.07, 6.45) is 36.3. The predicted molar refractivity (Wildman–Crippen MR) is 162 cm³/mol. The van der Waals surface area contributed by atoms with Crippen LogP contribution in [-0.4, -0.2) is 27.0 Å². The molecule has 0 amide bonds. The zero-order valence-electron chi connectivity index (χ0n) is 24.7. The van der Waals surface area contributed by atoms with Crippen LogP contribution < -0.4 is 10.6 Å². The van der Waals surface area contributed by atoms with Crippen molar-refractivity contribution < 1.29 is 0 Å². The Kier molecular flexibility index (Phi) is 14.1. The molecule has 216 valence electrons. The number of hydrogen-bond donors (Lipinski definition) is 2. The zero-order chi connectivity index (χ0) is 26.1. The molecular formula is C33H59N5. The van der Waals surface area contributed by atoms with Crippen LogP contribution in [0.15, 0.2) is 0 Å². The lowest BCUT2D eigenvalue weighted by Crippen LogP contribution is -2.25. The monoisotopic (exact) mass is 525 g/mol. The molecule has 1 heterocycles. The summed E-state index contributed by atoms with van der Waals surface area (Å²) >= 11 is 0. The van der Waals surface area contributed by atoms with Crippen molar-refractivity contribution in [1.29, 1.82) is 0 Å². The third-order valence-electron chi connectivity index (χ3n) is 9.50. The van der Waals surface area contributed by atoms with Gasteiger partial charge in [-0.05, 0) is 38.5 Å². The molecule has 2 N–H and O–H groups in total. The summed E-state index contributed by atoms with van der Waals surface area (Å²) in [7, 11) is 0. The number of nitrogens with one attached hydrogen (secondary N) is 2. The number of rotatable bonds is 5. The van der Waals surface area contributed by atoms with Gasteiger partial charge in [-0.25, -0.2) is 0 Å². The van der Waals surface area contributed by atoms with Gasteiger partial charge in [-0.2, -0.15) is 15.0 Å². The average Bonchev–Trinajstić information content (AvgIpc) is 2.94. The lowest BCUT2D eigenvalue weighted by Gasteiger charge is -2.24. The fraction of sp³-hybridized carbons (Fsp3) is 0.909. The molecule has 38 heavy (non-hydrogen) atoms. The highest BCUT2D eigenvalue weighted by molar-refractivity contribution is 5.36. The standard InChI is InChI=1S/C33H59N5/c1-4-10-16-22-28(23-17-11-5-1)31-36-32(34-29-24-18-12-6-2-7-13-19-25-29)38-33(37-31)35-30-26-20-14-8-3-9-15-21-27-30/h28-30H,1-27H2,(H2,34,35,36,37,38). The Labute approximate surface area is 234 Å². The summed E-state index contributed by atoms with van der Waals surface area (Å²) in [5.74, 6) is 3.23. The van der Waals surface area contributed by atoms with Gasteiger partial charge in [0.1, 0.15) is 5.82 Å². The molecule has 0 atom stereocenters. The van der Waals surface area contributed by atoms with Crippen molar-refractivity contribution in [3.05, 3.63) is 5.82 Å². The van der Waals surface area contributed by atoms with Crippen LogP contribution >= 0.6 is 0 Å². The van der Waals surface area contributed by atoms with Crippen LogP contribution in [0.5, 0.6) is 0 Å². The minimum atomic E-state index is 0.477. The second kappa shape index (κ2) is 18.1. The summed E-state index contributed by atoms with van der Waals surface area (Å²) in [6, 6.07) is 0.989. The molecular weight excluding hydrogens is 466 g/mol. The van der Waals surface area contributed by atoms with E-state index in [9.17, 15) is 0 Å². The molecule has 0 saturated heterocycles. The van der Waals surface area contributed by atoms with E-state index in [0.717, 1.165) is 17.7 Å². The van der Waals surface area contributed by atoms with Crippen molar-refractivity contribution in [2.75, 3.05) is 10.6 Å². The molecule has 5 heteroatoms. The maximum absolute atomic E-state index is 5.15. The van der Waals surface area contributed by atoms with Crippen LogP contribution in [0.2, 0.25) is 0 Å². The lowest BCUT2D eigenvalue weighted by atomic mass is 9.91. The molecule has 0 aliphatic heterocycles. The van der Waals surface area contributed by atoms with E-state index in [1.54, 1.807) is 0 Å². The molecule has 3 fully saturated rings. The Bertz CT molecular complexity index is 677. The summed E-state index contributed by atoms with van der Waals surface area (Å²) < 4.78 is 0. The van der Waals surface area contributed by atoms with Crippen LogP contribution in [0.3, 0.4) is 0 Å². The normalized spacial score (nSPS) is 23.8. The Morgan fingerprint density at radius 2 is 0.632 bits per heavy atom. The van der Waals surface area contributed by atoms with Gasteiger partial charge in [-0.1, -0.05) is 135 Å². The van der Waals surface area contributed by atoms with Gasteiger partial charge in [0.15, 0.2) is 0 Å². The minimum Gasteiger partial charge on any atom is -0.351 e. The fourth-order valence-corrected chi connectivity index (χ4v) is 7.05. The van der Waals surface area contributed by atoms with E-state index >= 15 is 0 Å². The Hall–Kier alpha value is -1.39. The first-order valence-corrected chi connectivity index (χ1v) is 17.2. The van der Waals surface area contributed by atoms with Gasteiger partial charge in [0, 0.05) is 18.0 Å². The SMILES string of the molecule is C1CCCCC(Nc2nc(NC3CCCCCCCCC3)nc(C3CCCCCCCCC3)n2)CCCC1. The molecule has 5 nitrogen and oxygen atoms in total. The molecule has 0 bridgehead atoms. The maximum atomic E-state index is 5.15. The van der Waals surface area contributed by atoms with E-state index in [2.05, 4.69) is 10.6 Å². The van der Waals surface area contributed by atoms with Crippen LogP contribution in [0, 0.1) is 0 Å². The second-order valence-electron chi connectivity index (χ2n) is 12.9. The highest BCUT2D eigenvalue weighted by atomic mass is 15.2. The molecule has 3 aliphatic rings. The molecule has 3 saturated carbocycles. The number of hydrogen-bond acceptors (Lipinski definition) is 5. The molecule has 0 radical (unpaired) electrons. The average molecular weight is 526 g/mol. The smallest absolute Gasteiger partial charge is 0.227 e. The largest absolute Gasteiger partial charge is 0.351 e. The lowest BCUT2D eigenvalue weighted by molar-refractivity contribution is 0.448. The summed E-state index contributed by atoms with van der Waals surface area (Å²) in [5.41, 5.74) is 0. The van der Waals surface area contributed by atoms with E-state index in [-0.39, 0.29) is 0 Å². The van der Waals surface area contributed by atoms with Crippen LogP contribution in [0.4, 0.5) is 11.9 Å². The molecule has 4 rings (SSSR count). The van der Waals surface area contributed by atoms with Gasteiger partial charge in [-0.15, -0.1) is 0 Å². The van der Waals surface area contributed by atoms with Crippen molar-refractivity contribution in [1.82, 2.24) is 15.0 Å². The third-order valence-corrected chi connectivity index (χ3v) is 9.50. The van der Waals surface area contributed by atoms with Gasteiger partial charge in [-0.3, -0.25) is 0 Å². The Balaban J connectivity index is 1.50. The molecule has 0 aromatic carbocycles. The molecule has 0 spiro atoms. The van der Waals surface area contributed by atoms with Crippen molar-refractivity contribution >= 4 is 11.9 Å². The minimum absolute atomic E-state index is 0.477. The van der Waals surface area contributed by atoms with Crippen molar-refractivity contribution in [3.8, 4) is 0 Å². The fourth-order valence-electron chi connectivity index (χ4n) is 7.05. The van der Waals surface area contributed by atoms with E-state index in [1.807, 2.05) is 0 Å². The van der Waals surface area contributed by atoms with Crippen LogP contribution in [-0.2, 0) is 0 Å². The van der Waals surface area contributed by atoms with E-state index in [0.29, 0.717) is 18.0 Å². The molecule has 1 aromatic heterocycles. The quantitative estimate of drug-likeness (QED) is 0.400. The van der Waals surface area contributed by atoms with Crippen LogP contribution in [0.1, 0.15) is 185 Å².